The third-order valence-corrected chi connectivity index (χ3v) is 3.19. The minimum atomic E-state index is 0.296. The summed E-state index contributed by atoms with van der Waals surface area (Å²) < 4.78 is 6.16. The van der Waals surface area contributed by atoms with Crippen LogP contribution in [0.15, 0.2) is 22.7 Å². The fraction of sp³-hybridized carbons (Fsp3) is 0.364. The number of rotatable bonds is 2. The first-order valence-corrected chi connectivity index (χ1v) is 5.60. The van der Waals surface area contributed by atoms with E-state index in [0.29, 0.717) is 18.7 Å². The van der Waals surface area contributed by atoms with Gasteiger partial charge in [0.05, 0.1) is 19.3 Å². The quantitative estimate of drug-likeness (QED) is 0.825. The molecule has 80 valence electrons. The molecule has 1 aromatic carbocycles. The Bertz CT molecular complexity index is 392. The second-order valence-corrected chi connectivity index (χ2v) is 4.38. The molecule has 2 rings (SSSR count). The number of anilines is 1. The van der Waals surface area contributed by atoms with Gasteiger partial charge in [-0.05, 0) is 28.1 Å². The molecule has 0 radical (unpaired) electrons. The van der Waals surface area contributed by atoms with Crippen LogP contribution in [-0.2, 0) is 4.79 Å². The summed E-state index contributed by atoms with van der Waals surface area (Å²) in [7, 11) is 1.64. The molecule has 1 saturated heterocycles. The van der Waals surface area contributed by atoms with Crippen molar-refractivity contribution >= 4 is 27.4 Å². The molecule has 0 saturated carbocycles. The lowest BCUT2D eigenvalue weighted by molar-refractivity contribution is -0.116. The van der Waals surface area contributed by atoms with Crippen molar-refractivity contribution in [2.45, 2.75) is 6.42 Å². The van der Waals surface area contributed by atoms with Crippen LogP contribution in [0.25, 0.3) is 0 Å². The van der Waals surface area contributed by atoms with E-state index >= 15 is 0 Å². The fourth-order valence-corrected chi connectivity index (χ4v) is 2.20. The summed E-state index contributed by atoms with van der Waals surface area (Å²) in [4.78, 5) is 13.3. The number of ether oxygens (including phenoxy) is 1. The molecule has 0 spiro atoms. The van der Waals surface area contributed by atoms with Crippen molar-refractivity contribution in [3.63, 3.8) is 0 Å². The standard InChI is InChI=1S/C11H12BrNO2/c1-15-9-2-3-10(12)11(6-9)13-5-4-8(14)7-13/h2-3,6H,4-5,7H2,1H3. The van der Waals surface area contributed by atoms with E-state index in [0.717, 1.165) is 22.5 Å². The van der Waals surface area contributed by atoms with Crippen molar-refractivity contribution in [2.24, 2.45) is 0 Å². The maximum absolute atomic E-state index is 11.2. The smallest absolute Gasteiger partial charge is 0.153 e. The van der Waals surface area contributed by atoms with Gasteiger partial charge in [0.25, 0.3) is 0 Å². The molecule has 0 N–H and O–H groups in total. The number of hydrogen-bond donors (Lipinski definition) is 0. The zero-order valence-corrected chi connectivity index (χ0v) is 10.1. The van der Waals surface area contributed by atoms with Crippen LogP contribution in [0.4, 0.5) is 5.69 Å². The van der Waals surface area contributed by atoms with E-state index in [1.54, 1.807) is 7.11 Å². The maximum Gasteiger partial charge on any atom is 0.153 e. The second kappa shape index (κ2) is 4.23. The molecule has 0 unspecified atom stereocenters. The number of halogens is 1. The Labute approximate surface area is 97.2 Å². The molecule has 1 aliphatic rings. The molecule has 15 heavy (non-hydrogen) atoms. The third kappa shape index (κ3) is 2.15. The van der Waals surface area contributed by atoms with Crippen LogP contribution in [0.5, 0.6) is 5.75 Å². The van der Waals surface area contributed by atoms with Gasteiger partial charge in [-0.25, -0.2) is 0 Å². The summed E-state index contributed by atoms with van der Waals surface area (Å²) in [5.74, 6) is 1.11. The number of carbonyl (C=O) groups is 1. The lowest BCUT2D eigenvalue weighted by Crippen LogP contribution is -2.19. The van der Waals surface area contributed by atoms with Crippen LogP contribution < -0.4 is 9.64 Å². The number of ketones is 1. The molecule has 1 fully saturated rings. The molecule has 1 aliphatic heterocycles. The van der Waals surface area contributed by atoms with Crippen molar-refractivity contribution in [1.82, 2.24) is 0 Å². The Hall–Kier alpha value is -1.03. The highest BCUT2D eigenvalue weighted by molar-refractivity contribution is 9.10. The van der Waals surface area contributed by atoms with E-state index in [9.17, 15) is 4.79 Å². The molecule has 1 heterocycles. The predicted octanol–water partition coefficient (Wildman–Crippen LogP) is 2.24. The first-order chi connectivity index (χ1) is 7.20. The van der Waals surface area contributed by atoms with E-state index in [2.05, 4.69) is 20.8 Å². The number of nitrogens with zero attached hydrogens (tertiary/aromatic N) is 1. The molecular weight excluding hydrogens is 258 g/mol. The van der Waals surface area contributed by atoms with Crippen molar-refractivity contribution in [2.75, 3.05) is 25.1 Å². The predicted molar refractivity (Wildman–Crippen MR) is 62.5 cm³/mol. The topological polar surface area (TPSA) is 29.5 Å². The van der Waals surface area contributed by atoms with Crippen molar-refractivity contribution < 1.29 is 9.53 Å². The van der Waals surface area contributed by atoms with Gasteiger partial charge in [0.1, 0.15) is 5.75 Å². The summed E-state index contributed by atoms with van der Waals surface area (Å²) >= 11 is 3.48. The van der Waals surface area contributed by atoms with Gasteiger partial charge in [0, 0.05) is 23.5 Å². The highest BCUT2D eigenvalue weighted by Crippen LogP contribution is 2.31. The summed E-state index contributed by atoms with van der Waals surface area (Å²) in [6, 6.07) is 5.78. The van der Waals surface area contributed by atoms with Crippen LogP contribution in [0.1, 0.15) is 6.42 Å². The summed E-state index contributed by atoms with van der Waals surface area (Å²) in [6.07, 6.45) is 0.643. The van der Waals surface area contributed by atoms with E-state index in [4.69, 9.17) is 4.74 Å². The molecular formula is C11H12BrNO2. The Kier molecular flexibility index (Phi) is 2.95. The molecule has 0 amide bonds. The van der Waals surface area contributed by atoms with Crippen LogP contribution >= 0.6 is 15.9 Å². The van der Waals surface area contributed by atoms with Gasteiger partial charge < -0.3 is 9.64 Å². The molecule has 0 bridgehead atoms. The van der Waals surface area contributed by atoms with Gasteiger partial charge in [0.2, 0.25) is 0 Å². The Morgan fingerprint density at radius 3 is 2.87 bits per heavy atom. The van der Waals surface area contributed by atoms with Crippen molar-refractivity contribution in [3.05, 3.63) is 22.7 Å². The van der Waals surface area contributed by atoms with Gasteiger partial charge in [-0.1, -0.05) is 0 Å². The largest absolute Gasteiger partial charge is 0.497 e. The van der Waals surface area contributed by atoms with E-state index in [-0.39, 0.29) is 0 Å². The molecule has 4 heteroatoms. The van der Waals surface area contributed by atoms with Crippen molar-refractivity contribution in [3.8, 4) is 5.75 Å². The average Bonchev–Trinajstić information content (AvgIpc) is 2.65. The Morgan fingerprint density at radius 2 is 2.27 bits per heavy atom. The van der Waals surface area contributed by atoms with Gasteiger partial charge in [0.15, 0.2) is 5.78 Å². The molecule has 3 nitrogen and oxygen atoms in total. The minimum absolute atomic E-state index is 0.296. The lowest BCUT2D eigenvalue weighted by Gasteiger charge is -2.18. The molecule has 1 aromatic rings. The third-order valence-electron chi connectivity index (χ3n) is 2.52. The fourth-order valence-electron chi connectivity index (χ4n) is 1.70. The zero-order chi connectivity index (χ0) is 10.8. The van der Waals surface area contributed by atoms with Gasteiger partial charge >= 0.3 is 0 Å². The van der Waals surface area contributed by atoms with E-state index in [1.165, 1.54) is 0 Å². The summed E-state index contributed by atoms with van der Waals surface area (Å²) in [6.45, 7) is 1.30. The number of Topliss-reactive ketones (excluding diaryl/α,β-unsaturated/α-hetero) is 1. The number of benzene rings is 1. The highest BCUT2D eigenvalue weighted by Gasteiger charge is 2.21. The number of carbonyl (C=O) groups excluding carboxylic acids is 1. The zero-order valence-electron chi connectivity index (χ0n) is 8.50. The monoisotopic (exact) mass is 269 g/mol. The first-order valence-electron chi connectivity index (χ1n) is 4.81. The maximum atomic E-state index is 11.2. The summed E-state index contributed by atoms with van der Waals surface area (Å²) in [5, 5.41) is 0. The van der Waals surface area contributed by atoms with Gasteiger partial charge in [-0.2, -0.15) is 0 Å². The molecule has 0 aromatic heterocycles. The van der Waals surface area contributed by atoms with Gasteiger partial charge in [-0.15, -0.1) is 0 Å². The Morgan fingerprint density at radius 1 is 1.47 bits per heavy atom. The first kappa shape index (κ1) is 10.5. The van der Waals surface area contributed by atoms with Crippen LogP contribution in [0, 0.1) is 0 Å². The molecule has 0 aliphatic carbocycles. The molecule has 0 atom stereocenters. The minimum Gasteiger partial charge on any atom is -0.497 e. The van der Waals surface area contributed by atoms with E-state index < -0.39 is 0 Å². The SMILES string of the molecule is COc1ccc(Br)c(N2CCC(=O)C2)c1. The Balaban J connectivity index is 2.30. The van der Waals surface area contributed by atoms with Crippen LogP contribution in [0.3, 0.4) is 0 Å². The number of methoxy groups -OCH3 is 1. The summed E-state index contributed by atoms with van der Waals surface area (Å²) in [5.41, 5.74) is 1.03. The lowest BCUT2D eigenvalue weighted by atomic mass is 10.3. The average molecular weight is 270 g/mol. The van der Waals surface area contributed by atoms with E-state index in [1.807, 2.05) is 18.2 Å². The normalized spacial score (nSPS) is 15.9. The van der Waals surface area contributed by atoms with Crippen LogP contribution in [-0.4, -0.2) is 26.0 Å². The highest BCUT2D eigenvalue weighted by atomic mass is 79.9. The van der Waals surface area contributed by atoms with Gasteiger partial charge in [-0.3, -0.25) is 4.79 Å². The number of hydrogen-bond acceptors (Lipinski definition) is 3. The van der Waals surface area contributed by atoms with Crippen molar-refractivity contribution in [1.29, 1.82) is 0 Å². The van der Waals surface area contributed by atoms with Crippen LogP contribution in [0.2, 0.25) is 0 Å². The second-order valence-electron chi connectivity index (χ2n) is 3.53.